The molecule has 10 nitrogen and oxygen atoms in total. The van der Waals surface area contributed by atoms with E-state index in [0.717, 1.165) is 38.9 Å². The second-order valence-corrected chi connectivity index (χ2v) is 11.8. The summed E-state index contributed by atoms with van der Waals surface area (Å²) in [5.41, 5.74) is 1.50. The fraction of sp³-hybridized carbons (Fsp3) is 0.407. The van der Waals surface area contributed by atoms with Crippen molar-refractivity contribution < 1.29 is 41.0 Å². The van der Waals surface area contributed by atoms with Crippen LogP contribution in [0.1, 0.15) is 55.8 Å². The molecule has 0 radical (unpaired) electrons. The van der Waals surface area contributed by atoms with Crippen LogP contribution in [0, 0.1) is 7.14 Å². The number of ketones is 1. The Bertz CT molecular complexity index is 1390. The molecule has 0 unspecified atom stereocenters. The monoisotopic (exact) mass is 799 g/mol. The molecule has 1 atom stereocenters. The Balaban J connectivity index is 0.00000103. The third-order valence-corrected chi connectivity index (χ3v) is 7.52. The van der Waals surface area contributed by atoms with Crippen molar-refractivity contribution in [1.82, 2.24) is 4.90 Å². The van der Waals surface area contributed by atoms with Gasteiger partial charge in [-0.1, -0.05) is 39.0 Å². The van der Waals surface area contributed by atoms with Crippen molar-refractivity contribution in [2.75, 3.05) is 26.2 Å². The average Bonchev–Trinajstić information content (AvgIpc) is 3.23. The fourth-order valence-corrected chi connectivity index (χ4v) is 5.82. The van der Waals surface area contributed by atoms with Crippen LogP contribution in [0.2, 0.25) is 0 Å². The van der Waals surface area contributed by atoms with Crippen LogP contribution < -0.4 is 4.74 Å². The number of hydrogen-bond acceptors (Lipinski definition) is 10. The molecule has 2 aromatic carbocycles. The van der Waals surface area contributed by atoms with Crippen molar-refractivity contribution in [2.45, 2.75) is 46.6 Å². The number of furan rings is 1. The molecule has 0 aliphatic carbocycles. The van der Waals surface area contributed by atoms with Gasteiger partial charge in [0.25, 0.3) is 0 Å². The SMILES string of the molecule is CC[C@@H](C)OC(=O)Cc1oc2ccccc2c1C(=O)c1cc(I)c(OCCN(CC)CC)c(I)c1.O=S(=O)([O-])[O-]. The number of carbonyl (C=O) groups is 2. The van der Waals surface area contributed by atoms with Gasteiger partial charge in [-0.15, -0.1) is 0 Å². The summed E-state index contributed by atoms with van der Waals surface area (Å²) in [6.07, 6.45) is 0.432. The summed E-state index contributed by atoms with van der Waals surface area (Å²) >= 11 is 4.42. The number of para-hydroxylation sites is 1. The molecule has 0 amide bonds. The molecule has 0 saturated carbocycles. The third kappa shape index (κ3) is 10.6. The van der Waals surface area contributed by atoms with E-state index < -0.39 is 16.4 Å². The van der Waals surface area contributed by atoms with E-state index in [4.69, 9.17) is 31.4 Å². The molecule has 0 N–H and O–H groups in total. The number of hydrogen-bond donors (Lipinski definition) is 0. The van der Waals surface area contributed by atoms with E-state index in [9.17, 15) is 9.59 Å². The first kappa shape index (κ1) is 34.4. The second kappa shape index (κ2) is 16.0. The second-order valence-electron chi connectivity index (χ2n) is 8.66. The third-order valence-electron chi connectivity index (χ3n) is 5.92. The number of esters is 1. The molecule has 0 bridgehead atoms. The Hall–Kier alpha value is -1.79. The van der Waals surface area contributed by atoms with E-state index in [2.05, 4.69) is 63.9 Å². The van der Waals surface area contributed by atoms with Gasteiger partial charge in [-0.25, -0.2) is 0 Å². The number of halogens is 2. The lowest BCUT2D eigenvalue weighted by Crippen LogP contribution is -2.28. The number of rotatable bonds is 12. The summed E-state index contributed by atoms with van der Waals surface area (Å²) < 4.78 is 53.3. The largest absolute Gasteiger partial charge is 0.759 e. The number of fused-ring (bicyclic) bond motifs is 1. The first-order valence-corrected chi connectivity index (χ1v) is 16.0. The van der Waals surface area contributed by atoms with E-state index >= 15 is 0 Å². The number of benzene rings is 2. The molecule has 3 rings (SSSR count). The van der Waals surface area contributed by atoms with E-state index in [1.807, 2.05) is 44.2 Å². The minimum Gasteiger partial charge on any atom is -0.759 e. The Morgan fingerprint density at radius 3 is 2.17 bits per heavy atom. The van der Waals surface area contributed by atoms with Crippen molar-refractivity contribution in [2.24, 2.45) is 0 Å². The number of carbonyl (C=O) groups excluding carboxylic acids is 2. The van der Waals surface area contributed by atoms with Gasteiger partial charge in [-0.05, 0) is 89.8 Å². The maximum atomic E-state index is 13.7. The first-order valence-electron chi connectivity index (χ1n) is 12.5. The van der Waals surface area contributed by atoms with Gasteiger partial charge in [0.05, 0.1) is 18.8 Å². The number of ether oxygens (including phenoxy) is 2. The van der Waals surface area contributed by atoms with Gasteiger partial charge in [0.15, 0.2) is 5.78 Å². The summed E-state index contributed by atoms with van der Waals surface area (Å²) in [5, 5.41) is 0.688. The standard InChI is InChI=1S/C27H31I2NO5.H2O4S/c1-5-17(4)34-24(31)16-23-25(19-10-8-9-11-22(19)35-23)26(32)18-14-20(28)27(21(29)15-18)33-13-12-30(6-2)7-3;1-5(2,3)4/h8-11,14-15,17H,5-7,12-13,16H2,1-4H3;(H2,1,2,3,4)/p-2/t17-;/m1./s1. The lowest BCUT2D eigenvalue weighted by molar-refractivity contribution is -0.147. The summed E-state index contributed by atoms with van der Waals surface area (Å²) in [4.78, 5) is 28.5. The minimum absolute atomic E-state index is 0.0964. The van der Waals surface area contributed by atoms with Crippen LogP contribution in [-0.4, -0.2) is 66.5 Å². The van der Waals surface area contributed by atoms with Gasteiger partial charge in [-0.3, -0.25) is 18.0 Å². The zero-order valence-corrected chi connectivity index (χ0v) is 27.7. The summed E-state index contributed by atoms with van der Waals surface area (Å²) in [6, 6.07) is 11.0. The van der Waals surface area contributed by atoms with Gasteiger partial charge in [-0.2, -0.15) is 0 Å². The zero-order chi connectivity index (χ0) is 30.0. The summed E-state index contributed by atoms with van der Waals surface area (Å²) in [7, 11) is -5.17. The number of nitrogens with zero attached hydrogens (tertiary/aromatic N) is 1. The molecule has 1 aromatic heterocycles. The average molecular weight is 799 g/mol. The maximum absolute atomic E-state index is 13.7. The van der Waals surface area contributed by atoms with E-state index in [1.165, 1.54) is 0 Å². The smallest absolute Gasteiger partial charge is 0.313 e. The van der Waals surface area contributed by atoms with Crippen LogP contribution in [0.3, 0.4) is 0 Å². The Morgan fingerprint density at radius 1 is 1.05 bits per heavy atom. The van der Waals surface area contributed by atoms with E-state index in [-0.39, 0.29) is 18.3 Å². The fourth-order valence-electron chi connectivity index (χ4n) is 3.74. The Kier molecular flexibility index (Phi) is 13.8. The van der Waals surface area contributed by atoms with Gasteiger partial charge < -0.3 is 27.9 Å². The highest BCUT2D eigenvalue weighted by molar-refractivity contribution is 14.1. The van der Waals surface area contributed by atoms with Crippen LogP contribution in [-0.2, 0) is 26.4 Å². The predicted octanol–water partition coefficient (Wildman–Crippen LogP) is 5.14. The van der Waals surface area contributed by atoms with Crippen LogP contribution >= 0.6 is 45.2 Å². The molecule has 0 aliphatic rings. The highest BCUT2D eigenvalue weighted by Crippen LogP contribution is 2.33. The van der Waals surface area contributed by atoms with Crippen LogP contribution in [0.25, 0.3) is 11.0 Å². The summed E-state index contributed by atoms with van der Waals surface area (Å²) in [5.74, 6) is 0.513. The highest BCUT2D eigenvalue weighted by atomic mass is 127. The lowest BCUT2D eigenvalue weighted by atomic mass is 9.99. The van der Waals surface area contributed by atoms with Crippen LogP contribution in [0.15, 0.2) is 40.8 Å². The molecular weight excluding hydrogens is 768 g/mol. The molecular formula is C27H31I2NO9S-2. The lowest BCUT2D eigenvalue weighted by Gasteiger charge is -2.19. The zero-order valence-electron chi connectivity index (χ0n) is 22.6. The van der Waals surface area contributed by atoms with E-state index in [0.29, 0.717) is 34.5 Å². The van der Waals surface area contributed by atoms with Crippen molar-refractivity contribution in [1.29, 1.82) is 0 Å². The van der Waals surface area contributed by atoms with Crippen molar-refractivity contribution in [3.8, 4) is 5.75 Å². The molecule has 0 aliphatic heterocycles. The van der Waals surface area contributed by atoms with Crippen LogP contribution in [0.4, 0.5) is 0 Å². The predicted molar refractivity (Wildman–Crippen MR) is 165 cm³/mol. The van der Waals surface area contributed by atoms with Gasteiger partial charge in [0.2, 0.25) is 0 Å². The van der Waals surface area contributed by atoms with Gasteiger partial charge in [0.1, 0.15) is 30.1 Å². The molecule has 0 fully saturated rings. The number of likely N-dealkylation sites (N-methyl/N-ethyl adjacent to an activating group) is 1. The molecule has 0 saturated heterocycles. The highest BCUT2D eigenvalue weighted by Gasteiger charge is 2.26. The molecule has 3 aromatic rings. The van der Waals surface area contributed by atoms with E-state index in [1.54, 1.807) is 6.07 Å². The topological polar surface area (TPSA) is 149 Å². The quantitative estimate of drug-likeness (QED) is 0.0793. The van der Waals surface area contributed by atoms with Crippen LogP contribution in [0.5, 0.6) is 5.75 Å². The Morgan fingerprint density at radius 2 is 1.62 bits per heavy atom. The summed E-state index contributed by atoms with van der Waals surface area (Å²) in [6.45, 7) is 11.4. The maximum Gasteiger partial charge on any atom is 0.313 e. The molecule has 220 valence electrons. The van der Waals surface area contributed by atoms with Gasteiger partial charge in [0, 0.05) is 27.9 Å². The molecule has 13 heteroatoms. The molecule has 0 spiro atoms. The van der Waals surface area contributed by atoms with Crippen molar-refractivity contribution in [3.63, 3.8) is 0 Å². The molecule has 40 heavy (non-hydrogen) atoms. The first-order chi connectivity index (χ1) is 18.8. The minimum atomic E-state index is -5.17. The van der Waals surface area contributed by atoms with Crippen molar-refractivity contribution >= 4 is 78.3 Å². The van der Waals surface area contributed by atoms with Gasteiger partial charge >= 0.3 is 5.97 Å². The molecule has 1 heterocycles. The normalized spacial score (nSPS) is 12.1. The Labute approximate surface area is 261 Å². The van der Waals surface area contributed by atoms with Crippen molar-refractivity contribution in [3.05, 3.63) is 60.4 Å².